The number of thiophene rings is 1. The van der Waals surface area contributed by atoms with Gasteiger partial charge in [0.1, 0.15) is 11.5 Å². The Hall–Kier alpha value is -3.21. The number of primary amides is 1. The molecule has 0 spiro atoms. The van der Waals surface area contributed by atoms with Crippen molar-refractivity contribution >= 4 is 39.3 Å². The Bertz CT molecular complexity index is 1310. The Kier molecular flexibility index (Phi) is 4.85. The molecule has 3 N–H and O–H groups in total. The standard InChI is InChI=1S/C19H22N6O4S/c1-9-4-5-10-11(6-9)30-17(13(10)15(20)27)22-12(26)7-25-8-21-16-14(25)18(28)24(3)19(29)23(16)2/h8-9H,4-7H2,1-3H3,(H2,20,27)(H,22,26). The van der Waals surface area contributed by atoms with Crippen LogP contribution in [0.4, 0.5) is 5.00 Å². The van der Waals surface area contributed by atoms with Gasteiger partial charge in [0.15, 0.2) is 11.2 Å². The average Bonchev–Trinajstić information content (AvgIpc) is 3.25. The third-order valence-electron chi connectivity index (χ3n) is 5.54. The van der Waals surface area contributed by atoms with Crippen molar-refractivity contribution < 1.29 is 9.59 Å². The Morgan fingerprint density at radius 3 is 2.73 bits per heavy atom. The number of carbonyl (C=O) groups excluding carboxylic acids is 2. The van der Waals surface area contributed by atoms with Gasteiger partial charge >= 0.3 is 5.69 Å². The predicted molar refractivity (Wildman–Crippen MR) is 113 cm³/mol. The second-order valence-corrected chi connectivity index (χ2v) is 8.82. The molecule has 1 aliphatic carbocycles. The summed E-state index contributed by atoms with van der Waals surface area (Å²) in [5, 5.41) is 3.22. The fraction of sp³-hybridized carbons (Fsp3) is 0.421. The van der Waals surface area contributed by atoms with Crippen LogP contribution in [0.5, 0.6) is 0 Å². The topological polar surface area (TPSA) is 134 Å². The number of hydrogen-bond acceptors (Lipinski definition) is 6. The van der Waals surface area contributed by atoms with Crippen LogP contribution >= 0.6 is 11.3 Å². The normalized spacial score (nSPS) is 15.9. The highest BCUT2D eigenvalue weighted by Crippen LogP contribution is 2.39. The molecule has 30 heavy (non-hydrogen) atoms. The Morgan fingerprint density at radius 2 is 2.03 bits per heavy atom. The van der Waals surface area contributed by atoms with Gasteiger partial charge in [-0.05, 0) is 30.7 Å². The molecule has 4 rings (SSSR count). The van der Waals surface area contributed by atoms with Gasteiger partial charge in [-0.3, -0.25) is 23.5 Å². The lowest BCUT2D eigenvalue weighted by molar-refractivity contribution is -0.116. The monoisotopic (exact) mass is 430 g/mol. The summed E-state index contributed by atoms with van der Waals surface area (Å²) in [6.07, 6.45) is 3.94. The van der Waals surface area contributed by atoms with Gasteiger partial charge in [-0.1, -0.05) is 6.92 Å². The molecule has 0 aromatic carbocycles. The van der Waals surface area contributed by atoms with E-state index in [-0.39, 0.29) is 17.7 Å². The van der Waals surface area contributed by atoms with Crippen LogP contribution in [0.3, 0.4) is 0 Å². The van der Waals surface area contributed by atoms with Crippen molar-refractivity contribution in [3.8, 4) is 0 Å². The zero-order valence-electron chi connectivity index (χ0n) is 16.9. The van der Waals surface area contributed by atoms with Crippen molar-refractivity contribution in [1.29, 1.82) is 0 Å². The first-order valence-corrected chi connectivity index (χ1v) is 10.4. The number of rotatable bonds is 4. The molecule has 0 saturated heterocycles. The molecular weight excluding hydrogens is 408 g/mol. The Morgan fingerprint density at radius 1 is 1.30 bits per heavy atom. The van der Waals surface area contributed by atoms with Crippen LogP contribution in [0.15, 0.2) is 15.9 Å². The van der Waals surface area contributed by atoms with E-state index < -0.39 is 23.1 Å². The summed E-state index contributed by atoms with van der Waals surface area (Å²) in [7, 11) is 2.88. The molecule has 0 radical (unpaired) electrons. The lowest BCUT2D eigenvalue weighted by atomic mass is 9.88. The van der Waals surface area contributed by atoms with Crippen molar-refractivity contribution in [2.45, 2.75) is 32.7 Å². The van der Waals surface area contributed by atoms with E-state index in [1.807, 2.05) is 0 Å². The molecule has 1 aliphatic rings. The van der Waals surface area contributed by atoms with E-state index in [4.69, 9.17) is 5.73 Å². The summed E-state index contributed by atoms with van der Waals surface area (Å²) in [5.74, 6) is -0.464. The molecule has 10 nitrogen and oxygen atoms in total. The number of carbonyl (C=O) groups is 2. The Labute approximate surface area is 174 Å². The quantitative estimate of drug-likeness (QED) is 0.616. The highest BCUT2D eigenvalue weighted by atomic mass is 32.1. The number of aryl methyl sites for hydroxylation is 1. The van der Waals surface area contributed by atoms with Gasteiger partial charge in [0.05, 0.1) is 11.9 Å². The van der Waals surface area contributed by atoms with Crippen molar-refractivity contribution in [2.24, 2.45) is 25.7 Å². The van der Waals surface area contributed by atoms with E-state index in [0.717, 1.165) is 34.3 Å². The Balaban J connectivity index is 1.66. The molecule has 1 atom stereocenters. The minimum Gasteiger partial charge on any atom is -0.365 e. The first kappa shape index (κ1) is 20.1. The van der Waals surface area contributed by atoms with Crippen LogP contribution in [0, 0.1) is 5.92 Å². The maximum atomic E-state index is 12.7. The summed E-state index contributed by atoms with van der Waals surface area (Å²) in [6, 6.07) is 0. The summed E-state index contributed by atoms with van der Waals surface area (Å²) in [6.45, 7) is 1.96. The van der Waals surface area contributed by atoms with Crippen molar-refractivity contribution in [3.05, 3.63) is 43.2 Å². The SMILES string of the molecule is CC1CCc2c(sc(NC(=O)Cn3cnc4c3c(=O)n(C)c(=O)n4C)c2C(N)=O)C1. The van der Waals surface area contributed by atoms with Crippen LogP contribution in [0.2, 0.25) is 0 Å². The van der Waals surface area contributed by atoms with Gasteiger partial charge in [0.25, 0.3) is 11.5 Å². The molecule has 3 aromatic rings. The van der Waals surface area contributed by atoms with Gasteiger partial charge in [-0.15, -0.1) is 11.3 Å². The zero-order valence-corrected chi connectivity index (χ0v) is 17.7. The van der Waals surface area contributed by atoms with E-state index in [1.165, 1.54) is 40.9 Å². The van der Waals surface area contributed by atoms with E-state index in [9.17, 15) is 19.2 Å². The lowest BCUT2D eigenvalue weighted by Gasteiger charge is -2.18. The van der Waals surface area contributed by atoms with Crippen molar-refractivity contribution in [3.63, 3.8) is 0 Å². The number of aromatic nitrogens is 4. The molecular formula is C19H22N6O4S. The summed E-state index contributed by atoms with van der Waals surface area (Å²) in [4.78, 5) is 54.6. The summed E-state index contributed by atoms with van der Waals surface area (Å²) < 4.78 is 3.62. The fourth-order valence-electron chi connectivity index (χ4n) is 3.94. The van der Waals surface area contributed by atoms with E-state index in [0.29, 0.717) is 16.5 Å². The first-order valence-electron chi connectivity index (χ1n) is 9.54. The van der Waals surface area contributed by atoms with Crippen LogP contribution in [-0.4, -0.2) is 30.5 Å². The van der Waals surface area contributed by atoms with Crippen LogP contribution < -0.4 is 22.3 Å². The second kappa shape index (κ2) is 7.24. The molecule has 3 heterocycles. The molecule has 1 unspecified atom stereocenters. The van der Waals surface area contributed by atoms with Gasteiger partial charge in [0, 0.05) is 19.0 Å². The number of anilines is 1. The molecule has 11 heteroatoms. The maximum absolute atomic E-state index is 12.7. The minimum atomic E-state index is -0.561. The predicted octanol–water partition coefficient (Wildman–Crippen LogP) is 0.358. The highest BCUT2D eigenvalue weighted by Gasteiger charge is 2.27. The third kappa shape index (κ3) is 3.15. The highest BCUT2D eigenvalue weighted by molar-refractivity contribution is 7.17. The van der Waals surface area contributed by atoms with Crippen LogP contribution in [0.25, 0.3) is 11.2 Å². The van der Waals surface area contributed by atoms with Crippen molar-refractivity contribution in [2.75, 3.05) is 5.32 Å². The number of nitrogens with zero attached hydrogens (tertiary/aromatic N) is 4. The minimum absolute atomic E-state index is 0.157. The summed E-state index contributed by atoms with van der Waals surface area (Å²) in [5.41, 5.74) is 6.24. The van der Waals surface area contributed by atoms with Gasteiger partial charge in [0.2, 0.25) is 5.91 Å². The van der Waals surface area contributed by atoms with E-state index in [1.54, 1.807) is 0 Å². The number of fused-ring (bicyclic) bond motifs is 2. The number of nitrogens with one attached hydrogen (secondary N) is 1. The van der Waals surface area contributed by atoms with E-state index in [2.05, 4.69) is 17.2 Å². The molecule has 0 saturated carbocycles. The lowest BCUT2D eigenvalue weighted by Crippen LogP contribution is -2.37. The molecule has 158 valence electrons. The number of nitrogens with two attached hydrogens (primary N) is 1. The second-order valence-electron chi connectivity index (χ2n) is 7.72. The third-order valence-corrected chi connectivity index (χ3v) is 6.71. The number of imidazole rings is 1. The number of hydrogen-bond donors (Lipinski definition) is 2. The molecule has 0 aliphatic heterocycles. The van der Waals surface area contributed by atoms with Crippen LogP contribution in [0.1, 0.15) is 34.1 Å². The zero-order chi connectivity index (χ0) is 21.7. The van der Waals surface area contributed by atoms with Crippen LogP contribution in [-0.2, 0) is 38.3 Å². The van der Waals surface area contributed by atoms with Crippen molar-refractivity contribution in [1.82, 2.24) is 18.7 Å². The number of amides is 2. The molecule has 0 bridgehead atoms. The molecule has 2 amide bonds. The smallest absolute Gasteiger partial charge is 0.332 e. The van der Waals surface area contributed by atoms with Gasteiger partial charge in [-0.25, -0.2) is 9.78 Å². The largest absolute Gasteiger partial charge is 0.365 e. The summed E-state index contributed by atoms with van der Waals surface area (Å²) >= 11 is 1.38. The van der Waals surface area contributed by atoms with E-state index >= 15 is 0 Å². The van der Waals surface area contributed by atoms with Gasteiger partial charge < -0.3 is 15.6 Å². The van der Waals surface area contributed by atoms with Gasteiger partial charge in [-0.2, -0.15) is 0 Å². The maximum Gasteiger partial charge on any atom is 0.332 e. The molecule has 0 fully saturated rings. The fourth-order valence-corrected chi connectivity index (χ4v) is 5.37. The average molecular weight is 430 g/mol. The molecule has 3 aromatic heterocycles. The first-order chi connectivity index (χ1) is 14.2.